The lowest BCUT2D eigenvalue weighted by molar-refractivity contribution is -0.140. The molecule has 4 N–H and O–H groups in total. The molecule has 0 heterocycles. The number of aliphatic carboxylic acids is 1. The quantitative estimate of drug-likeness (QED) is 0.547. The zero-order valence-electron chi connectivity index (χ0n) is 9.90. The third kappa shape index (κ3) is 6.18. The summed E-state index contributed by atoms with van der Waals surface area (Å²) < 4.78 is 0. The van der Waals surface area contributed by atoms with Crippen LogP contribution >= 0.6 is 0 Å². The summed E-state index contributed by atoms with van der Waals surface area (Å²) in [5, 5.41) is 11.0. The smallest absolute Gasteiger partial charge is 0.326 e. The second-order valence-corrected chi connectivity index (χ2v) is 3.82. The van der Waals surface area contributed by atoms with Crippen molar-refractivity contribution < 1.29 is 19.5 Å². The van der Waals surface area contributed by atoms with Gasteiger partial charge < -0.3 is 21.1 Å². The van der Waals surface area contributed by atoms with Gasteiger partial charge >= 0.3 is 12.0 Å². The summed E-state index contributed by atoms with van der Waals surface area (Å²) in [6.45, 7) is 5.67. The Kier molecular flexibility index (Phi) is 5.73. The van der Waals surface area contributed by atoms with Gasteiger partial charge in [0.05, 0.1) is 6.42 Å². The molecule has 3 amide bonds. The number of nitrogens with one attached hydrogen (secondary N) is 1. The maximum Gasteiger partial charge on any atom is 0.326 e. The molecular weight excluding hydrogens is 226 g/mol. The van der Waals surface area contributed by atoms with E-state index in [1.807, 2.05) is 0 Å². The molecule has 0 aromatic heterocycles. The first-order chi connectivity index (χ1) is 7.73. The Hall–Kier alpha value is -2.05. The van der Waals surface area contributed by atoms with Gasteiger partial charge in [0, 0.05) is 13.6 Å². The van der Waals surface area contributed by atoms with Crippen molar-refractivity contribution in [3.8, 4) is 0 Å². The van der Waals surface area contributed by atoms with Crippen molar-refractivity contribution >= 4 is 17.9 Å². The van der Waals surface area contributed by atoms with Crippen molar-refractivity contribution in [1.82, 2.24) is 10.2 Å². The molecule has 0 aliphatic rings. The van der Waals surface area contributed by atoms with Crippen LogP contribution in [0.5, 0.6) is 0 Å². The Morgan fingerprint density at radius 3 is 2.35 bits per heavy atom. The van der Waals surface area contributed by atoms with Gasteiger partial charge in [-0.3, -0.25) is 4.79 Å². The van der Waals surface area contributed by atoms with E-state index in [1.54, 1.807) is 6.92 Å². The molecular formula is C10H17N3O4. The second-order valence-electron chi connectivity index (χ2n) is 3.82. The van der Waals surface area contributed by atoms with Crippen LogP contribution in [0.1, 0.15) is 13.3 Å². The van der Waals surface area contributed by atoms with Gasteiger partial charge in [0.15, 0.2) is 0 Å². The minimum atomic E-state index is -1.31. The van der Waals surface area contributed by atoms with Crippen LogP contribution in [0, 0.1) is 0 Å². The largest absolute Gasteiger partial charge is 0.480 e. The zero-order chi connectivity index (χ0) is 13.6. The molecule has 0 unspecified atom stereocenters. The molecule has 17 heavy (non-hydrogen) atoms. The number of carbonyl (C=O) groups is 3. The van der Waals surface area contributed by atoms with Gasteiger partial charge in [0.25, 0.3) is 0 Å². The molecule has 0 spiro atoms. The lowest BCUT2D eigenvalue weighted by atomic mass is 10.2. The number of hydrogen-bond donors (Lipinski definition) is 3. The van der Waals surface area contributed by atoms with E-state index in [0.717, 1.165) is 5.57 Å². The van der Waals surface area contributed by atoms with Crippen molar-refractivity contribution in [3.63, 3.8) is 0 Å². The van der Waals surface area contributed by atoms with Crippen molar-refractivity contribution in [3.05, 3.63) is 12.2 Å². The summed E-state index contributed by atoms with van der Waals surface area (Å²) in [7, 11) is 1.49. The van der Waals surface area contributed by atoms with E-state index in [1.165, 1.54) is 11.9 Å². The third-order valence-corrected chi connectivity index (χ3v) is 1.85. The molecule has 1 atom stereocenters. The van der Waals surface area contributed by atoms with E-state index in [2.05, 4.69) is 11.9 Å². The minimum absolute atomic E-state index is 0.300. The maximum absolute atomic E-state index is 11.5. The maximum atomic E-state index is 11.5. The summed E-state index contributed by atoms with van der Waals surface area (Å²) in [4.78, 5) is 34.2. The molecule has 7 heteroatoms. The average Bonchev–Trinajstić information content (AvgIpc) is 2.14. The lowest BCUT2D eigenvalue weighted by Gasteiger charge is -2.20. The molecule has 0 fully saturated rings. The normalized spacial score (nSPS) is 11.4. The molecule has 0 aromatic rings. The van der Waals surface area contributed by atoms with Crippen LogP contribution in [0.2, 0.25) is 0 Å². The van der Waals surface area contributed by atoms with Gasteiger partial charge in [-0.1, -0.05) is 12.2 Å². The number of rotatable bonds is 6. The molecule has 0 aromatic carbocycles. The fraction of sp³-hybridized carbons (Fsp3) is 0.500. The Morgan fingerprint density at radius 2 is 2.00 bits per heavy atom. The van der Waals surface area contributed by atoms with Crippen LogP contribution in [0.3, 0.4) is 0 Å². The molecule has 0 aliphatic heterocycles. The second kappa shape index (κ2) is 6.51. The van der Waals surface area contributed by atoms with E-state index in [9.17, 15) is 14.4 Å². The zero-order valence-corrected chi connectivity index (χ0v) is 9.90. The van der Waals surface area contributed by atoms with Crippen LogP contribution in [0.4, 0.5) is 4.79 Å². The number of hydrogen-bond acceptors (Lipinski definition) is 3. The van der Waals surface area contributed by atoms with Crippen molar-refractivity contribution in [2.24, 2.45) is 5.73 Å². The molecule has 7 nitrogen and oxygen atoms in total. The number of carbonyl (C=O) groups excluding carboxylic acids is 2. The minimum Gasteiger partial charge on any atom is -0.480 e. The van der Waals surface area contributed by atoms with E-state index >= 15 is 0 Å². The summed E-state index contributed by atoms with van der Waals surface area (Å²) in [6.07, 6.45) is -0.442. The highest BCUT2D eigenvalue weighted by Crippen LogP contribution is 1.97. The average molecular weight is 243 g/mol. The van der Waals surface area contributed by atoms with Gasteiger partial charge in [-0.2, -0.15) is 0 Å². The first kappa shape index (κ1) is 14.9. The Balaban J connectivity index is 4.44. The van der Waals surface area contributed by atoms with Gasteiger partial charge in [-0.15, -0.1) is 0 Å². The third-order valence-electron chi connectivity index (χ3n) is 1.85. The van der Waals surface area contributed by atoms with Crippen LogP contribution in [-0.4, -0.2) is 47.5 Å². The number of primary amides is 1. The molecule has 0 radical (unpaired) electrons. The van der Waals surface area contributed by atoms with Crippen molar-refractivity contribution in [2.45, 2.75) is 19.4 Å². The lowest BCUT2D eigenvalue weighted by Crippen LogP contribution is -2.48. The van der Waals surface area contributed by atoms with Crippen molar-refractivity contribution in [2.75, 3.05) is 13.6 Å². The van der Waals surface area contributed by atoms with Crippen LogP contribution in [0.15, 0.2) is 12.2 Å². The number of carboxylic acid groups (broad SMARTS) is 1. The summed E-state index contributed by atoms with van der Waals surface area (Å²) >= 11 is 0. The monoisotopic (exact) mass is 243 g/mol. The molecule has 0 bridgehead atoms. The van der Waals surface area contributed by atoms with Crippen LogP contribution in [-0.2, 0) is 9.59 Å². The Bertz CT molecular complexity index is 340. The number of urea groups is 1. The van der Waals surface area contributed by atoms with Crippen molar-refractivity contribution in [1.29, 1.82) is 0 Å². The number of carboxylic acids is 1. The predicted octanol–water partition coefficient (Wildman–Crippen LogP) is -0.467. The van der Waals surface area contributed by atoms with E-state index < -0.39 is 30.4 Å². The summed E-state index contributed by atoms with van der Waals surface area (Å²) in [6, 6.07) is -1.91. The first-order valence-electron chi connectivity index (χ1n) is 4.91. The van der Waals surface area contributed by atoms with E-state index in [4.69, 9.17) is 10.8 Å². The fourth-order valence-electron chi connectivity index (χ4n) is 1.14. The molecule has 0 aliphatic carbocycles. The number of amides is 3. The standard InChI is InChI=1S/C10H17N3O4/c1-6(2)5-13(3)10(17)12-7(9(15)16)4-8(11)14/h7H,1,4-5H2,2-3H3,(H2,11,14)(H,12,17)(H,15,16)/t7-/m1/s1. The van der Waals surface area contributed by atoms with Gasteiger partial charge in [-0.05, 0) is 6.92 Å². The highest BCUT2D eigenvalue weighted by Gasteiger charge is 2.23. The van der Waals surface area contributed by atoms with Gasteiger partial charge in [0.2, 0.25) is 5.91 Å². The highest BCUT2D eigenvalue weighted by atomic mass is 16.4. The predicted molar refractivity (Wildman–Crippen MR) is 61.2 cm³/mol. The topological polar surface area (TPSA) is 113 Å². The van der Waals surface area contributed by atoms with Crippen LogP contribution in [0.25, 0.3) is 0 Å². The first-order valence-corrected chi connectivity index (χ1v) is 4.91. The molecule has 0 saturated carbocycles. The van der Waals surface area contributed by atoms with E-state index in [-0.39, 0.29) is 0 Å². The Morgan fingerprint density at radius 1 is 1.47 bits per heavy atom. The molecule has 0 saturated heterocycles. The number of nitrogens with zero attached hydrogens (tertiary/aromatic N) is 1. The fourth-order valence-corrected chi connectivity index (χ4v) is 1.14. The van der Waals surface area contributed by atoms with Gasteiger partial charge in [0.1, 0.15) is 6.04 Å². The summed E-state index contributed by atoms with van der Waals surface area (Å²) in [5.74, 6) is -2.10. The van der Waals surface area contributed by atoms with Gasteiger partial charge in [-0.25, -0.2) is 9.59 Å². The molecule has 96 valence electrons. The number of likely N-dealkylation sites (N-methyl/N-ethyl adjacent to an activating group) is 1. The van der Waals surface area contributed by atoms with Crippen LogP contribution < -0.4 is 11.1 Å². The van der Waals surface area contributed by atoms with E-state index in [0.29, 0.717) is 6.54 Å². The SMILES string of the molecule is C=C(C)CN(C)C(=O)N[C@H](CC(N)=O)C(=O)O. The Labute approximate surface area is 99.3 Å². The number of nitrogens with two attached hydrogens (primary N) is 1. The summed E-state index contributed by atoms with van der Waals surface area (Å²) in [5.41, 5.74) is 5.64. The molecule has 0 rings (SSSR count). The highest BCUT2D eigenvalue weighted by molar-refractivity contribution is 5.87.